The van der Waals surface area contributed by atoms with Gasteiger partial charge in [0.05, 0.1) is 6.61 Å². The molecule has 0 saturated heterocycles. The molecule has 134 valence electrons. The van der Waals surface area contributed by atoms with Crippen LogP contribution in [0.3, 0.4) is 0 Å². The van der Waals surface area contributed by atoms with Crippen molar-refractivity contribution in [2.45, 2.75) is 6.61 Å². The first-order valence-electron chi connectivity index (χ1n) is 8.80. The second kappa shape index (κ2) is 8.17. The zero-order valence-corrected chi connectivity index (χ0v) is 15.3. The molecule has 3 heteroatoms. The van der Waals surface area contributed by atoms with Crippen molar-refractivity contribution >= 4 is 11.6 Å². The highest BCUT2D eigenvalue weighted by Gasteiger charge is 2.18. The quantitative estimate of drug-likeness (QED) is 0.856. The van der Waals surface area contributed by atoms with Gasteiger partial charge in [-0.2, -0.15) is 0 Å². The first-order valence-corrected chi connectivity index (χ1v) is 8.80. The highest BCUT2D eigenvalue weighted by atomic mass is 16.3. The minimum atomic E-state index is 0.0438. The molecule has 3 nitrogen and oxygen atoms in total. The lowest BCUT2D eigenvalue weighted by Gasteiger charge is -2.24. The summed E-state index contributed by atoms with van der Waals surface area (Å²) in [6.07, 6.45) is 8.67. The third kappa shape index (κ3) is 4.51. The van der Waals surface area contributed by atoms with Gasteiger partial charge >= 0.3 is 0 Å². The van der Waals surface area contributed by atoms with Crippen LogP contribution in [0.1, 0.15) is 16.7 Å². The van der Waals surface area contributed by atoms with E-state index in [2.05, 4.69) is 43.3 Å². The van der Waals surface area contributed by atoms with Gasteiger partial charge in [-0.05, 0) is 66.2 Å². The predicted molar refractivity (Wildman–Crippen MR) is 108 cm³/mol. The Hall–Kier alpha value is -2.62. The van der Waals surface area contributed by atoms with Crippen LogP contribution in [0.5, 0.6) is 5.75 Å². The van der Waals surface area contributed by atoms with Crippen molar-refractivity contribution in [3.8, 4) is 5.75 Å². The zero-order chi connectivity index (χ0) is 18.5. The summed E-state index contributed by atoms with van der Waals surface area (Å²) in [5.74, 6) is 0.551. The average molecular weight is 347 g/mol. The molecule has 2 aromatic carbocycles. The Morgan fingerprint density at radius 1 is 1.08 bits per heavy atom. The minimum Gasteiger partial charge on any atom is -0.508 e. The summed E-state index contributed by atoms with van der Waals surface area (Å²) in [7, 11) is 4.14. The molecule has 0 heterocycles. The fourth-order valence-corrected chi connectivity index (χ4v) is 3.26. The molecule has 0 saturated carbocycles. The highest BCUT2D eigenvalue weighted by molar-refractivity contribution is 5.78. The lowest BCUT2D eigenvalue weighted by atomic mass is 9.85. The number of aliphatic hydroxyl groups is 1. The molecule has 0 aliphatic heterocycles. The summed E-state index contributed by atoms with van der Waals surface area (Å²) in [4.78, 5) is 2.17. The van der Waals surface area contributed by atoms with Crippen molar-refractivity contribution in [3.05, 3.63) is 89.0 Å². The van der Waals surface area contributed by atoms with E-state index in [0.29, 0.717) is 0 Å². The predicted octanol–water partition coefficient (Wildman–Crippen LogP) is 4.10. The van der Waals surface area contributed by atoms with E-state index >= 15 is 0 Å². The number of phenols is 1. The maximum absolute atomic E-state index is 9.88. The highest BCUT2D eigenvalue weighted by Crippen LogP contribution is 2.33. The van der Waals surface area contributed by atoms with E-state index in [9.17, 15) is 10.2 Å². The molecule has 0 bridgehead atoms. The van der Waals surface area contributed by atoms with Crippen molar-refractivity contribution in [1.29, 1.82) is 0 Å². The lowest BCUT2D eigenvalue weighted by molar-refractivity contribution is 0.282. The molecule has 3 rings (SSSR count). The van der Waals surface area contributed by atoms with Crippen molar-refractivity contribution in [1.82, 2.24) is 4.90 Å². The van der Waals surface area contributed by atoms with Gasteiger partial charge in [-0.25, -0.2) is 0 Å². The summed E-state index contributed by atoms with van der Waals surface area (Å²) in [6, 6.07) is 15.3. The molecule has 1 aliphatic carbocycles. The van der Waals surface area contributed by atoms with E-state index in [1.165, 1.54) is 5.57 Å². The molecule has 1 unspecified atom stereocenters. The Bertz CT molecular complexity index is 862. The van der Waals surface area contributed by atoms with E-state index in [1.807, 2.05) is 42.5 Å². The number of aromatic hydroxyl groups is 1. The number of aliphatic hydroxyl groups excluding tert-OH is 1. The van der Waals surface area contributed by atoms with E-state index in [-0.39, 0.29) is 18.3 Å². The number of rotatable bonds is 5. The summed E-state index contributed by atoms with van der Waals surface area (Å²) in [5, 5.41) is 19.2. The van der Waals surface area contributed by atoms with Gasteiger partial charge in [0.2, 0.25) is 0 Å². The number of hydrogen-bond acceptors (Lipinski definition) is 3. The van der Waals surface area contributed by atoms with Crippen LogP contribution in [0.2, 0.25) is 0 Å². The monoisotopic (exact) mass is 347 g/mol. The first-order chi connectivity index (χ1) is 12.5. The Morgan fingerprint density at radius 2 is 1.88 bits per heavy atom. The maximum atomic E-state index is 9.88. The van der Waals surface area contributed by atoms with Crippen LogP contribution >= 0.6 is 0 Å². The number of allylic oxidation sites excluding steroid dienone is 3. The van der Waals surface area contributed by atoms with Gasteiger partial charge in [0.25, 0.3) is 0 Å². The fraction of sp³-hybridized carbons (Fsp3) is 0.217. The smallest absolute Gasteiger partial charge is 0.116 e. The molecule has 2 N–H and O–H groups in total. The van der Waals surface area contributed by atoms with Gasteiger partial charge in [-0.1, -0.05) is 48.6 Å². The molecule has 26 heavy (non-hydrogen) atoms. The van der Waals surface area contributed by atoms with E-state index in [1.54, 1.807) is 6.07 Å². The zero-order valence-electron chi connectivity index (χ0n) is 15.3. The molecular formula is C23H25NO2. The van der Waals surface area contributed by atoms with Gasteiger partial charge in [0.1, 0.15) is 5.75 Å². The van der Waals surface area contributed by atoms with Crippen LogP contribution in [-0.4, -0.2) is 35.8 Å². The van der Waals surface area contributed by atoms with Crippen LogP contribution in [-0.2, 0) is 6.61 Å². The van der Waals surface area contributed by atoms with Crippen LogP contribution in [0, 0.1) is 5.92 Å². The van der Waals surface area contributed by atoms with Crippen LogP contribution in [0.15, 0.2) is 72.3 Å². The van der Waals surface area contributed by atoms with Crippen molar-refractivity contribution < 1.29 is 10.2 Å². The second-order valence-corrected chi connectivity index (χ2v) is 6.93. The molecular weight excluding hydrogens is 322 g/mol. The second-order valence-electron chi connectivity index (χ2n) is 6.93. The third-order valence-corrected chi connectivity index (χ3v) is 4.45. The Kier molecular flexibility index (Phi) is 5.71. The summed E-state index contributed by atoms with van der Waals surface area (Å²) >= 11 is 0. The summed E-state index contributed by atoms with van der Waals surface area (Å²) < 4.78 is 0. The fourth-order valence-electron chi connectivity index (χ4n) is 3.26. The minimum absolute atomic E-state index is 0.0438. The molecule has 0 fully saturated rings. The van der Waals surface area contributed by atoms with Crippen LogP contribution in [0.4, 0.5) is 0 Å². The van der Waals surface area contributed by atoms with Crippen LogP contribution < -0.4 is 0 Å². The summed E-state index contributed by atoms with van der Waals surface area (Å²) in [6.45, 7) is 0.952. The Labute approximate surface area is 155 Å². The first kappa shape index (κ1) is 18.2. The SMILES string of the molecule is CN(C)CC1C=C/C(=C/c2cccc(CO)c2)C=C1c1cccc(O)c1. The van der Waals surface area contributed by atoms with Gasteiger partial charge in [0.15, 0.2) is 0 Å². The number of nitrogens with zero attached hydrogens (tertiary/aromatic N) is 1. The van der Waals surface area contributed by atoms with Crippen molar-refractivity contribution in [2.24, 2.45) is 5.92 Å². The molecule has 0 amide bonds. The van der Waals surface area contributed by atoms with Gasteiger partial charge in [-0.3, -0.25) is 0 Å². The molecule has 0 aromatic heterocycles. The van der Waals surface area contributed by atoms with Gasteiger partial charge < -0.3 is 15.1 Å². The van der Waals surface area contributed by atoms with E-state index in [0.717, 1.165) is 28.8 Å². The van der Waals surface area contributed by atoms with Gasteiger partial charge in [-0.15, -0.1) is 0 Å². The van der Waals surface area contributed by atoms with Crippen LogP contribution in [0.25, 0.3) is 11.6 Å². The molecule has 1 aliphatic rings. The van der Waals surface area contributed by atoms with E-state index < -0.39 is 0 Å². The normalized spacial score (nSPS) is 18.4. The third-order valence-electron chi connectivity index (χ3n) is 4.45. The van der Waals surface area contributed by atoms with Crippen molar-refractivity contribution in [2.75, 3.05) is 20.6 Å². The van der Waals surface area contributed by atoms with Gasteiger partial charge in [0, 0.05) is 12.5 Å². The molecule has 1 atom stereocenters. The maximum Gasteiger partial charge on any atom is 0.116 e. The lowest BCUT2D eigenvalue weighted by Crippen LogP contribution is -2.22. The molecule has 0 radical (unpaired) electrons. The largest absolute Gasteiger partial charge is 0.508 e. The molecule has 2 aromatic rings. The van der Waals surface area contributed by atoms with E-state index in [4.69, 9.17) is 0 Å². The number of phenolic OH excluding ortho intramolecular Hbond substituents is 1. The topological polar surface area (TPSA) is 43.7 Å². The standard InChI is InChI=1S/C23H25NO2/c1-24(2)15-21-10-9-18(11-17-5-3-6-19(12-17)16-25)13-23(21)20-7-4-8-22(26)14-20/h3-14,21,25-26H,15-16H2,1-2H3/b18-11-. The number of hydrogen-bond donors (Lipinski definition) is 2. The summed E-state index contributed by atoms with van der Waals surface area (Å²) in [5.41, 5.74) is 5.31. The van der Waals surface area contributed by atoms with Crippen molar-refractivity contribution in [3.63, 3.8) is 0 Å². The number of benzene rings is 2. The molecule has 0 spiro atoms. The Balaban J connectivity index is 1.98. The average Bonchev–Trinajstić information content (AvgIpc) is 2.63. The Morgan fingerprint density at radius 3 is 2.62 bits per heavy atom.